The van der Waals surface area contributed by atoms with Crippen LogP contribution in [0.3, 0.4) is 0 Å². The Morgan fingerprint density at radius 1 is 1.29 bits per heavy atom. The summed E-state index contributed by atoms with van der Waals surface area (Å²) in [5.41, 5.74) is 0.966. The Bertz CT molecular complexity index is 853. The summed E-state index contributed by atoms with van der Waals surface area (Å²) in [6.07, 6.45) is 5.44. The minimum Gasteiger partial charge on any atom is -0.338 e. The van der Waals surface area contributed by atoms with E-state index in [1.54, 1.807) is 12.1 Å². The van der Waals surface area contributed by atoms with Gasteiger partial charge in [-0.2, -0.15) is 4.98 Å². The van der Waals surface area contributed by atoms with Crippen molar-refractivity contribution in [2.24, 2.45) is 0 Å². The van der Waals surface area contributed by atoms with Crippen LogP contribution in [0.4, 0.5) is 4.39 Å². The lowest BCUT2D eigenvalue weighted by Crippen LogP contribution is -2.23. The number of benzene rings is 1. The number of terminal acetylenes is 1. The zero-order chi connectivity index (χ0) is 16.9. The van der Waals surface area contributed by atoms with E-state index in [4.69, 9.17) is 10.9 Å². The Balaban J connectivity index is 1.70. The van der Waals surface area contributed by atoms with Gasteiger partial charge in [0.15, 0.2) is 0 Å². The Labute approximate surface area is 151 Å². The molecule has 0 spiro atoms. The number of halogens is 2. The fourth-order valence-corrected chi connectivity index (χ4v) is 3.54. The standard InChI is InChI=1S/C17H13BrFN3OS/c1-2-7-22(9-12-3-5-14(19)6-4-12)10-16-20-17(21-23-16)15-8-13(18)11-24-15/h1,3-6,8,11H,7,9-10H2. The van der Waals surface area contributed by atoms with Crippen LogP contribution in [0.25, 0.3) is 10.7 Å². The summed E-state index contributed by atoms with van der Waals surface area (Å²) in [4.78, 5) is 7.32. The van der Waals surface area contributed by atoms with Crippen molar-refractivity contribution >= 4 is 27.3 Å². The molecule has 122 valence electrons. The molecule has 0 amide bonds. The summed E-state index contributed by atoms with van der Waals surface area (Å²) in [5, 5.41) is 5.97. The van der Waals surface area contributed by atoms with E-state index in [2.05, 4.69) is 32.0 Å². The molecule has 7 heteroatoms. The van der Waals surface area contributed by atoms with Gasteiger partial charge in [0.2, 0.25) is 11.7 Å². The Kier molecular flexibility index (Phi) is 5.41. The van der Waals surface area contributed by atoms with E-state index < -0.39 is 0 Å². The first-order chi connectivity index (χ1) is 11.6. The van der Waals surface area contributed by atoms with Crippen molar-refractivity contribution in [1.82, 2.24) is 15.0 Å². The molecule has 1 aromatic carbocycles. The van der Waals surface area contributed by atoms with Gasteiger partial charge in [-0.15, -0.1) is 17.8 Å². The first kappa shape index (κ1) is 16.8. The van der Waals surface area contributed by atoms with Crippen molar-refractivity contribution in [3.05, 3.63) is 57.5 Å². The van der Waals surface area contributed by atoms with E-state index >= 15 is 0 Å². The quantitative estimate of drug-likeness (QED) is 0.572. The second kappa shape index (κ2) is 7.71. The fourth-order valence-electron chi connectivity index (χ4n) is 2.19. The SMILES string of the molecule is C#CCN(Cc1ccc(F)cc1)Cc1nc(-c2cc(Br)cs2)no1. The number of aromatic nitrogens is 2. The molecular weight excluding hydrogens is 393 g/mol. The minimum atomic E-state index is -0.258. The van der Waals surface area contributed by atoms with Crippen LogP contribution < -0.4 is 0 Å². The largest absolute Gasteiger partial charge is 0.338 e. The van der Waals surface area contributed by atoms with Gasteiger partial charge in [-0.05, 0) is 39.7 Å². The predicted molar refractivity (Wildman–Crippen MR) is 94.7 cm³/mol. The van der Waals surface area contributed by atoms with Gasteiger partial charge in [0.25, 0.3) is 0 Å². The van der Waals surface area contributed by atoms with Crippen LogP contribution in [0.1, 0.15) is 11.5 Å². The minimum absolute atomic E-state index is 0.258. The van der Waals surface area contributed by atoms with Crippen molar-refractivity contribution in [1.29, 1.82) is 0 Å². The molecule has 0 radical (unpaired) electrons. The summed E-state index contributed by atoms with van der Waals surface area (Å²) < 4.78 is 19.3. The molecule has 2 aromatic heterocycles. The highest BCUT2D eigenvalue weighted by Crippen LogP contribution is 2.27. The van der Waals surface area contributed by atoms with Gasteiger partial charge in [0.1, 0.15) is 5.82 Å². The van der Waals surface area contributed by atoms with Crippen molar-refractivity contribution in [2.45, 2.75) is 13.1 Å². The van der Waals surface area contributed by atoms with Crippen LogP contribution in [0.5, 0.6) is 0 Å². The Morgan fingerprint density at radius 3 is 2.75 bits per heavy atom. The van der Waals surface area contributed by atoms with E-state index in [0.717, 1.165) is 14.9 Å². The van der Waals surface area contributed by atoms with Crippen LogP contribution in [0.15, 0.2) is 44.7 Å². The second-order valence-corrected chi connectivity index (χ2v) is 6.94. The molecule has 2 heterocycles. The van der Waals surface area contributed by atoms with Gasteiger partial charge in [0, 0.05) is 16.4 Å². The molecule has 24 heavy (non-hydrogen) atoms. The highest BCUT2D eigenvalue weighted by Gasteiger charge is 2.14. The zero-order valence-electron chi connectivity index (χ0n) is 12.6. The maximum atomic E-state index is 13.0. The van der Waals surface area contributed by atoms with Crippen LogP contribution in [0.2, 0.25) is 0 Å². The lowest BCUT2D eigenvalue weighted by atomic mass is 10.2. The molecule has 4 nitrogen and oxygen atoms in total. The molecule has 0 aliphatic rings. The molecule has 3 rings (SSSR count). The van der Waals surface area contributed by atoms with E-state index in [9.17, 15) is 4.39 Å². The number of thiophene rings is 1. The lowest BCUT2D eigenvalue weighted by Gasteiger charge is -2.17. The number of nitrogens with zero attached hydrogens (tertiary/aromatic N) is 3. The summed E-state index contributed by atoms with van der Waals surface area (Å²) in [6, 6.07) is 8.28. The molecule has 0 aliphatic heterocycles. The first-order valence-electron chi connectivity index (χ1n) is 7.11. The predicted octanol–water partition coefficient (Wildman–Crippen LogP) is 4.34. The fraction of sp³-hybridized carbons (Fsp3) is 0.176. The summed E-state index contributed by atoms with van der Waals surface area (Å²) in [7, 11) is 0. The summed E-state index contributed by atoms with van der Waals surface area (Å²) in [6.45, 7) is 1.44. The van der Waals surface area contributed by atoms with Crippen LogP contribution in [0, 0.1) is 18.2 Å². The monoisotopic (exact) mass is 405 g/mol. The third-order valence-corrected chi connectivity index (χ3v) is 4.94. The topological polar surface area (TPSA) is 42.2 Å². The van der Waals surface area contributed by atoms with E-state index in [0.29, 0.717) is 31.3 Å². The lowest BCUT2D eigenvalue weighted by molar-refractivity contribution is 0.242. The van der Waals surface area contributed by atoms with Crippen LogP contribution in [-0.2, 0) is 13.1 Å². The maximum absolute atomic E-state index is 13.0. The van der Waals surface area contributed by atoms with E-state index in [1.165, 1.54) is 23.5 Å². The molecule has 0 saturated carbocycles. The second-order valence-electron chi connectivity index (χ2n) is 5.12. The third-order valence-electron chi connectivity index (χ3n) is 3.25. The van der Waals surface area contributed by atoms with Crippen molar-refractivity contribution in [3.8, 4) is 23.0 Å². The first-order valence-corrected chi connectivity index (χ1v) is 8.78. The van der Waals surface area contributed by atoms with Crippen LogP contribution in [-0.4, -0.2) is 21.6 Å². The molecule has 0 N–H and O–H groups in total. The number of hydrogen-bond acceptors (Lipinski definition) is 5. The van der Waals surface area contributed by atoms with Crippen molar-refractivity contribution < 1.29 is 8.91 Å². The molecule has 0 fully saturated rings. The smallest absolute Gasteiger partial charge is 0.241 e. The molecule has 0 bridgehead atoms. The van der Waals surface area contributed by atoms with Crippen molar-refractivity contribution in [3.63, 3.8) is 0 Å². The number of hydrogen-bond donors (Lipinski definition) is 0. The van der Waals surface area contributed by atoms with E-state index in [1.807, 2.05) is 16.3 Å². The average Bonchev–Trinajstić information content (AvgIpc) is 3.19. The maximum Gasteiger partial charge on any atom is 0.241 e. The van der Waals surface area contributed by atoms with Crippen LogP contribution >= 0.6 is 27.3 Å². The molecule has 0 aliphatic carbocycles. The number of rotatable bonds is 6. The molecule has 3 aromatic rings. The van der Waals surface area contributed by atoms with Gasteiger partial charge in [-0.25, -0.2) is 4.39 Å². The van der Waals surface area contributed by atoms with Gasteiger partial charge in [-0.1, -0.05) is 23.2 Å². The highest BCUT2D eigenvalue weighted by atomic mass is 79.9. The summed E-state index contributed by atoms with van der Waals surface area (Å²) in [5.74, 6) is 3.41. The molecule has 0 unspecified atom stereocenters. The third kappa shape index (κ3) is 4.29. The molecule has 0 saturated heterocycles. The Morgan fingerprint density at radius 2 is 2.08 bits per heavy atom. The molecule has 0 atom stereocenters. The van der Waals surface area contributed by atoms with Gasteiger partial charge >= 0.3 is 0 Å². The normalized spacial score (nSPS) is 10.9. The zero-order valence-corrected chi connectivity index (χ0v) is 15.0. The average molecular weight is 406 g/mol. The van der Waals surface area contributed by atoms with E-state index in [-0.39, 0.29) is 5.82 Å². The van der Waals surface area contributed by atoms with Gasteiger partial charge < -0.3 is 4.52 Å². The van der Waals surface area contributed by atoms with Gasteiger partial charge in [-0.3, -0.25) is 4.90 Å². The Hall–Kier alpha value is -2.01. The van der Waals surface area contributed by atoms with Crippen molar-refractivity contribution in [2.75, 3.05) is 6.54 Å². The summed E-state index contributed by atoms with van der Waals surface area (Å²) >= 11 is 4.94. The highest BCUT2D eigenvalue weighted by molar-refractivity contribution is 9.10. The van der Waals surface area contributed by atoms with Gasteiger partial charge in [0.05, 0.1) is 18.0 Å². The molecular formula is C17H13BrFN3OS.